The van der Waals surface area contributed by atoms with Gasteiger partial charge in [-0.3, -0.25) is 4.90 Å². The first kappa shape index (κ1) is 12.3. The Morgan fingerprint density at radius 3 is 2.94 bits per heavy atom. The van der Waals surface area contributed by atoms with E-state index in [0.717, 1.165) is 26.1 Å². The summed E-state index contributed by atoms with van der Waals surface area (Å²) < 4.78 is 28.1. The summed E-state index contributed by atoms with van der Waals surface area (Å²) in [6.45, 7) is 3.43. The molecule has 16 heavy (non-hydrogen) atoms. The molecule has 2 atom stereocenters. The van der Waals surface area contributed by atoms with Crippen LogP contribution in [0.5, 0.6) is 0 Å². The van der Waals surface area contributed by atoms with Crippen molar-refractivity contribution in [2.45, 2.75) is 18.5 Å². The van der Waals surface area contributed by atoms with Crippen molar-refractivity contribution in [1.29, 1.82) is 0 Å². The van der Waals surface area contributed by atoms with Gasteiger partial charge in [0, 0.05) is 38.8 Å². The van der Waals surface area contributed by atoms with Crippen molar-refractivity contribution < 1.29 is 13.2 Å². The summed E-state index contributed by atoms with van der Waals surface area (Å²) in [5.41, 5.74) is 0. The van der Waals surface area contributed by atoms with Crippen molar-refractivity contribution in [1.82, 2.24) is 10.2 Å². The highest BCUT2D eigenvalue weighted by Crippen LogP contribution is 2.20. The van der Waals surface area contributed by atoms with Crippen LogP contribution in [0.25, 0.3) is 0 Å². The van der Waals surface area contributed by atoms with Crippen molar-refractivity contribution in [3.05, 3.63) is 0 Å². The van der Waals surface area contributed by atoms with Gasteiger partial charge in [-0.25, -0.2) is 8.42 Å². The van der Waals surface area contributed by atoms with Crippen molar-refractivity contribution in [2.75, 3.05) is 44.9 Å². The van der Waals surface area contributed by atoms with Crippen LogP contribution in [0.3, 0.4) is 0 Å². The molecule has 0 aromatic heterocycles. The standard InChI is InChI=1S/C10H20N2O3S/c1-15-7-10-6-11-3-4-12(10)9-2-5-16(13,14)8-9/h9-11H,2-8H2,1H3. The van der Waals surface area contributed by atoms with Gasteiger partial charge in [0.15, 0.2) is 9.84 Å². The lowest BCUT2D eigenvalue weighted by molar-refractivity contribution is 0.0509. The minimum atomic E-state index is -2.79. The summed E-state index contributed by atoms with van der Waals surface area (Å²) in [6, 6.07) is 0.518. The lowest BCUT2D eigenvalue weighted by Gasteiger charge is -2.39. The molecule has 0 radical (unpaired) electrons. The molecule has 0 spiro atoms. The fraction of sp³-hybridized carbons (Fsp3) is 1.00. The molecule has 2 saturated heterocycles. The first-order chi connectivity index (χ1) is 7.62. The van der Waals surface area contributed by atoms with Crippen molar-refractivity contribution in [3.63, 3.8) is 0 Å². The highest BCUT2D eigenvalue weighted by atomic mass is 32.2. The second-order valence-corrected chi connectivity index (χ2v) is 6.84. The van der Waals surface area contributed by atoms with Crippen LogP contribution in [0.2, 0.25) is 0 Å². The number of piperazine rings is 1. The molecule has 5 nitrogen and oxygen atoms in total. The maximum atomic E-state index is 11.5. The second-order valence-electron chi connectivity index (χ2n) is 4.61. The SMILES string of the molecule is COCC1CNCCN1C1CCS(=O)(=O)C1. The van der Waals surface area contributed by atoms with Crippen LogP contribution in [0.1, 0.15) is 6.42 Å². The number of nitrogens with one attached hydrogen (secondary N) is 1. The molecule has 2 aliphatic rings. The van der Waals surface area contributed by atoms with Crippen molar-refractivity contribution in [3.8, 4) is 0 Å². The predicted molar refractivity (Wildman–Crippen MR) is 62.3 cm³/mol. The number of sulfone groups is 1. The number of methoxy groups -OCH3 is 1. The second kappa shape index (κ2) is 5.00. The van der Waals surface area contributed by atoms with Crippen LogP contribution < -0.4 is 5.32 Å². The smallest absolute Gasteiger partial charge is 0.151 e. The molecule has 2 aliphatic heterocycles. The quantitative estimate of drug-likeness (QED) is 0.701. The van der Waals surface area contributed by atoms with Crippen LogP contribution in [0.15, 0.2) is 0 Å². The molecular weight excluding hydrogens is 228 g/mol. The number of hydrogen-bond donors (Lipinski definition) is 1. The molecule has 94 valence electrons. The molecule has 0 aromatic rings. The molecule has 6 heteroatoms. The molecule has 0 saturated carbocycles. The average Bonchev–Trinajstić information content (AvgIpc) is 2.60. The normalized spacial score (nSPS) is 35.3. The van der Waals surface area contributed by atoms with Gasteiger partial charge in [-0.15, -0.1) is 0 Å². The van der Waals surface area contributed by atoms with Crippen LogP contribution in [0, 0.1) is 0 Å². The summed E-state index contributed by atoms with van der Waals surface area (Å²) in [5.74, 6) is 0.675. The molecule has 0 bridgehead atoms. The molecule has 2 fully saturated rings. The Morgan fingerprint density at radius 1 is 1.50 bits per heavy atom. The minimum Gasteiger partial charge on any atom is -0.383 e. The molecule has 2 unspecified atom stereocenters. The minimum absolute atomic E-state index is 0.201. The summed E-state index contributed by atoms with van der Waals surface area (Å²) in [5, 5.41) is 3.32. The van der Waals surface area contributed by atoms with E-state index >= 15 is 0 Å². The fourth-order valence-electron chi connectivity index (χ4n) is 2.64. The van der Waals surface area contributed by atoms with Crippen molar-refractivity contribution >= 4 is 9.84 Å². The van der Waals surface area contributed by atoms with E-state index in [0.29, 0.717) is 24.2 Å². The molecule has 1 N–H and O–H groups in total. The zero-order valence-corrected chi connectivity index (χ0v) is 10.5. The van der Waals surface area contributed by atoms with E-state index in [1.807, 2.05) is 0 Å². The van der Waals surface area contributed by atoms with E-state index in [-0.39, 0.29) is 6.04 Å². The Balaban J connectivity index is 2.00. The van der Waals surface area contributed by atoms with Gasteiger partial charge in [0.1, 0.15) is 0 Å². The lowest BCUT2D eigenvalue weighted by Crippen LogP contribution is -2.57. The highest BCUT2D eigenvalue weighted by Gasteiger charge is 2.36. The van der Waals surface area contributed by atoms with E-state index in [1.165, 1.54) is 0 Å². The maximum Gasteiger partial charge on any atom is 0.151 e. The maximum absolute atomic E-state index is 11.5. The Labute approximate surface area is 97.1 Å². The molecule has 2 heterocycles. The van der Waals surface area contributed by atoms with Crippen LogP contribution in [-0.2, 0) is 14.6 Å². The number of hydrogen-bond acceptors (Lipinski definition) is 5. The Morgan fingerprint density at radius 2 is 2.31 bits per heavy atom. The molecule has 0 aromatic carbocycles. The van der Waals surface area contributed by atoms with E-state index in [4.69, 9.17) is 4.74 Å². The Hall–Kier alpha value is -0.170. The van der Waals surface area contributed by atoms with Gasteiger partial charge in [-0.1, -0.05) is 0 Å². The van der Waals surface area contributed by atoms with Gasteiger partial charge in [-0.05, 0) is 6.42 Å². The monoisotopic (exact) mass is 248 g/mol. The molecular formula is C10H20N2O3S. The highest BCUT2D eigenvalue weighted by molar-refractivity contribution is 7.91. The Bertz CT molecular complexity index is 329. The van der Waals surface area contributed by atoms with Crippen LogP contribution in [0.4, 0.5) is 0 Å². The third-order valence-corrected chi connectivity index (χ3v) is 5.18. The van der Waals surface area contributed by atoms with E-state index in [1.54, 1.807) is 7.11 Å². The van der Waals surface area contributed by atoms with Gasteiger partial charge < -0.3 is 10.1 Å². The third kappa shape index (κ3) is 2.74. The largest absolute Gasteiger partial charge is 0.383 e. The summed E-state index contributed by atoms with van der Waals surface area (Å²) >= 11 is 0. The number of ether oxygens (including phenoxy) is 1. The molecule has 0 amide bonds. The zero-order chi connectivity index (χ0) is 11.6. The molecule has 0 aliphatic carbocycles. The summed E-state index contributed by atoms with van der Waals surface area (Å²) in [4.78, 5) is 2.31. The Kier molecular flexibility index (Phi) is 3.84. The third-order valence-electron chi connectivity index (χ3n) is 3.43. The van der Waals surface area contributed by atoms with Gasteiger partial charge in [-0.2, -0.15) is 0 Å². The van der Waals surface area contributed by atoms with E-state index in [2.05, 4.69) is 10.2 Å². The summed E-state index contributed by atoms with van der Waals surface area (Å²) in [6.07, 6.45) is 0.780. The van der Waals surface area contributed by atoms with Crippen LogP contribution >= 0.6 is 0 Å². The molecule has 2 rings (SSSR count). The zero-order valence-electron chi connectivity index (χ0n) is 9.68. The van der Waals surface area contributed by atoms with Crippen LogP contribution in [-0.4, -0.2) is 70.3 Å². The number of rotatable bonds is 3. The van der Waals surface area contributed by atoms with Crippen molar-refractivity contribution in [2.24, 2.45) is 0 Å². The average molecular weight is 248 g/mol. The topological polar surface area (TPSA) is 58.6 Å². The predicted octanol–water partition coefficient (Wildman–Crippen LogP) is -0.906. The summed E-state index contributed by atoms with van der Waals surface area (Å²) in [7, 11) is -1.09. The first-order valence-electron chi connectivity index (χ1n) is 5.78. The fourth-order valence-corrected chi connectivity index (χ4v) is 4.38. The van der Waals surface area contributed by atoms with Gasteiger partial charge >= 0.3 is 0 Å². The lowest BCUT2D eigenvalue weighted by atomic mass is 10.1. The number of nitrogens with zero attached hydrogens (tertiary/aromatic N) is 1. The van der Waals surface area contributed by atoms with E-state index < -0.39 is 9.84 Å². The first-order valence-corrected chi connectivity index (χ1v) is 7.60. The van der Waals surface area contributed by atoms with Gasteiger partial charge in [0.25, 0.3) is 0 Å². The van der Waals surface area contributed by atoms with Gasteiger partial charge in [0.2, 0.25) is 0 Å². The van der Waals surface area contributed by atoms with E-state index in [9.17, 15) is 8.42 Å². The van der Waals surface area contributed by atoms with Gasteiger partial charge in [0.05, 0.1) is 18.1 Å².